The normalized spacial score (nSPS) is 43.0. The van der Waals surface area contributed by atoms with E-state index in [0.717, 1.165) is 25.7 Å². The van der Waals surface area contributed by atoms with Gasteiger partial charge in [0.05, 0.1) is 12.2 Å². The Morgan fingerprint density at radius 1 is 0.759 bits per heavy atom. The number of fused-ring (bicyclic) bond motifs is 4. The summed E-state index contributed by atoms with van der Waals surface area (Å²) in [4.78, 5) is 24.6. The number of ether oxygens (including phenoxy) is 2. The van der Waals surface area contributed by atoms with Crippen LogP contribution in [0.4, 0.5) is 0 Å². The molecule has 0 spiro atoms. The van der Waals surface area contributed by atoms with Crippen LogP contribution in [0.2, 0.25) is 0 Å². The van der Waals surface area contributed by atoms with Gasteiger partial charge in [0.2, 0.25) is 0 Å². The van der Waals surface area contributed by atoms with Crippen LogP contribution in [0.3, 0.4) is 0 Å². The molecule has 0 aromatic rings. The van der Waals surface area contributed by atoms with Crippen molar-refractivity contribution in [3.8, 4) is 0 Å². The fraction of sp³-hybridized carbons (Fsp3) is 0.800. The second-order valence-electron chi connectivity index (χ2n) is 11.5. The Balaban J connectivity index is 1.33. The molecule has 0 aromatic carbocycles. The molecule has 6 atom stereocenters. The van der Waals surface area contributed by atoms with Crippen molar-refractivity contribution in [1.29, 1.82) is 0 Å². The molecule has 0 unspecified atom stereocenters. The maximum Gasteiger partial charge on any atom is 0.338 e. The molecule has 4 bridgehead atoms. The fourth-order valence-corrected chi connectivity index (χ4v) is 7.14. The Hall–Kier alpha value is -1.54. The van der Waals surface area contributed by atoms with Crippen molar-refractivity contribution >= 4 is 11.9 Å². The molecule has 4 heteroatoms. The summed E-state index contributed by atoms with van der Waals surface area (Å²) in [6.45, 7) is 13.7. The molecule has 0 N–H and O–H groups in total. The number of carbonyl (C=O) groups excluding carboxylic acids is 2. The first-order valence-corrected chi connectivity index (χ1v) is 11.3. The van der Waals surface area contributed by atoms with Crippen LogP contribution < -0.4 is 0 Å². The molecule has 0 heterocycles. The van der Waals surface area contributed by atoms with Crippen LogP contribution >= 0.6 is 0 Å². The Labute approximate surface area is 175 Å². The van der Waals surface area contributed by atoms with E-state index in [0.29, 0.717) is 11.8 Å². The minimum absolute atomic E-state index is 0.0356. The molecule has 4 rings (SSSR count). The first-order chi connectivity index (χ1) is 13.4. The molecule has 4 saturated carbocycles. The third-order valence-corrected chi connectivity index (χ3v) is 10.3. The van der Waals surface area contributed by atoms with Gasteiger partial charge in [-0.15, -0.1) is 5.73 Å². The Morgan fingerprint density at radius 3 is 1.41 bits per heavy atom. The van der Waals surface area contributed by atoms with Gasteiger partial charge in [0.25, 0.3) is 0 Å². The van der Waals surface area contributed by atoms with Gasteiger partial charge in [-0.3, -0.25) is 0 Å². The van der Waals surface area contributed by atoms with Gasteiger partial charge in [0.1, 0.15) is 12.2 Å². The summed E-state index contributed by atoms with van der Waals surface area (Å²) in [5.41, 5.74) is 3.16. The van der Waals surface area contributed by atoms with Crippen molar-refractivity contribution in [1.82, 2.24) is 0 Å². The van der Waals surface area contributed by atoms with Crippen LogP contribution in [-0.2, 0) is 19.1 Å². The van der Waals surface area contributed by atoms with Gasteiger partial charge in [-0.2, -0.15) is 0 Å². The van der Waals surface area contributed by atoms with Crippen molar-refractivity contribution < 1.29 is 19.1 Å². The minimum Gasteiger partial charge on any atom is -0.458 e. The van der Waals surface area contributed by atoms with Gasteiger partial charge in [-0.1, -0.05) is 41.5 Å². The molecule has 4 aliphatic carbocycles. The molecule has 0 saturated heterocycles. The second kappa shape index (κ2) is 6.48. The molecule has 4 aliphatic rings. The molecule has 0 radical (unpaired) electrons. The molecular formula is C25H36O4. The summed E-state index contributed by atoms with van der Waals surface area (Å²) < 4.78 is 11.5. The molecule has 4 nitrogen and oxygen atoms in total. The average molecular weight is 401 g/mol. The van der Waals surface area contributed by atoms with Crippen molar-refractivity contribution in [3.63, 3.8) is 0 Å². The Kier molecular flexibility index (Phi) is 4.63. The highest BCUT2D eigenvalue weighted by Crippen LogP contribution is 2.67. The zero-order chi connectivity index (χ0) is 21.2. The van der Waals surface area contributed by atoms with Crippen LogP contribution in [-0.4, -0.2) is 24.1 Å². The molecule has 0 aliphatic heterocycles. The Morgan fingerprint density at radius 2 is 1.14 bits per heavy atom. The smallest absolute Gasteiger partial charge is 0.338 e. The van der Waals surface area contributed by atoms with Gasteiger partial charge in [-0.05, 0) is 61.2 Å². The predicted molar refractivity (Wildman–Crippen MR) is 111 cm³/mol. The van der Waals surface area contributed by atoms with E-state index in [1.165, 1.54) is 25.0 Å². The van der Waals surface area contributed by atoms with Crippen LogP contribution in [0.5, 0.6) is 0 Å². The maximum atomic E-state index is 12.3. The van der Waals surface area contributed by atoms with Crippen molar-refractivity contribution in [2.24, 2.45) is 33.5 Å². The van der Waals surface area contributed by atoms with Crippen molar-refractivity contribution in [2.45, 2.75) is 92.3 Å². The molecule has 29 heavy (non-hydrogen) atoms. The lowest BCUT2D eigenvalue weighted by molar-refractivity contribution is -0.151. The monoisotopic (exact) mass is 400 g/mol. The standard InChI is InChI=1S/C25H36O4/c1-22(2)16-10-12-24(22,5)18(14-16)28-20(26)8-7-9-21(27)29-19-15-17-11-13-25(19,6)23(17,3)4/h8-9,16-19H,10-15H2,1-6H3/t7?,16-,17-,18+,19+,24+,25+/m1/s1. The second-order valence-corrected chi connectivity index (χ2v) is 11.5. The SMILES string of the molecule is CC1(C)[C@@H]2CC[C@@]1(C)[C@@H](OC(=O)C=C=CC(=O)O[C@H]1C[C@H]3CC[C@]1(C)C3(C)C)C2. The van der Waals surface area contributed by atoms with E-state index in [4.69, 9.17) is 9.47 Å². The largest absolute Gasteiger partial charge is 0.458 e. The first-order valence-electron chi connectivity index (χ1n) is 11.3. The number of hydrogen-bond donors (Lipinski definition) is 0. The molecule has 0 amide bonds. The number of carbonyl (C=O) groups is 2. The summed E-state index contributed by atoms with van der Waals surface area (Å²) in [6, 6.07) is 0. The molecule has 0 aromatic heterocycles. The van der Waals surface area contributed by atoms with E-state index in [-0.39, 0.29) is 33.9 Å². The zero-order valence-electron chi connectivity index (χ0n) is 18.8. The van der Waals surface area contributed by atoms with Crippen molar-refractivity contribution in [3.05, 3.63) is 17.9 Å². The van der Waals surface area contributed by atoms with Gasteiger partial charge >= 0.3 is 11.9 Å². The third kappa shape index (κ3) is 2.86. The number of hydrogen-bond acceptors (Lipinski definition) is 4. The van der Waals surface area contributed by atoms with E-state index in [9.17, 15) is 9.59 Å². The Bertz CT molecular complexity index is 725. The highest BCUT2D eigenvalue weighted by atomic mass is 16.5. The summed E-state index contributed by atoms with van der Waals surface area (Å²) in [5, 5.41) is 0. The lowest BCUT2D eigenvalue weighted by atomic mass is 9.70. The summed E-state index contributed by atoms with van der Waals surface area (Å²) in [7, 11) is 0. The van der Waals surface area contributed by atoms with E-state index in [1.807, 2.05) is 0 Å². The number of esters is 2. The van der Waals surface area contributed by atoms with Gasteiger partial charge in [0.15, 0.2) is 0 Å². The van der Waals surface area contributed by atoms with Crippen LogP contribution in [0.15, 0.2) is 17.9 Å². The third-order valence-electron chi connectivity index (χ3n) is 10.3. The molecule has 160 valence electrons. The molecule has 4 fully saturated rings. The lowest BCUT2D eigenvalue weighted by Crippen LogP contribution is -2.38. The zero-order valence-corrected chi connectivity index (χ0v) is 18.8. The highest BCUT2D eigenvalue weighted by Gasteiger charge is 2.63. The van der Waals surface area contributed by atoms with E-state index >= 15 is 0 Å². The summed E-state index contributed by atoms with van der Waals surface area (Å²) in [5.74, 6) is 0.396. The lowest BCUT2D eigenvalue weighted by Gasteiger charge is -2.38. The fourth-order valence-electron chi connectivity index (χ4n) is 7.14. The van der Waals surface area contributed by atoms with Crippen LogP contribution in [0.25, 0.3) is 0 Å². The average Bonchev–Trinajstić information content (AvgIpc) is 3.13. The van der Waals surface area contributed by atoms with Gasteiger partial charge < -0.3 is 9.47 Å². The van der Waals surface area contributed by atoms with E-state index in [1.54, 1.807) is 0 Å². The van der Waals surface area contributed by atoms with Crippen LogP contribution in [0, 0.1) is 33.5 Å². The maximum absolute atomic E-state index is 12.3. The van der Waals surface area contributed by atoms with Crippen molar-refractivity contribution in [2.75, 3.05) is 0 Å². The predicted octanol–water partition coefficient (Wildman–Crippen LogP) is 5.21. The highest BCUT2D eigenvalue weighted by molar-refractivity contribution is 5.85. The minimum atomic E-state index is -0.420. The van der Waals surface area contributed by atoms with E-state index < -0.39 is 11.9 Å². The number of rotatable bonds is 4. The van der Waals surface area contributed by atoms with E-state index in [2.05, 4.69) is 47.3 Å². The topological polar surface area (TPSA) is 52.6 Å². The quantitative estimate of drug-likeness (QED) is 0.369. The van der Waals surface area contributed by atoms with Crippen LogP contribution in [0.1, 0.15) is 80.1 Å². The van der Waals surface area contributed by atoms with Gasteiger partial charge in [0, 0.05) is 10.8 Å². The molecular weight excluding hydrogens is 364 g/mol. The van der Waals surface area contributed by atoms with Gasteiger partial charge in [-0.25, -0.2) is 9.59 Å². The first kappa shape index (κ1) is 20.7. The summed E-state index contributed by atoms with van der Waals surface area (Å²) >= 11 is 0. The summed E-state index contributed by atoms with van der Waals surface area (Å²) in [6.07, 6.45) is 8.88.